The Morgan fingerprint density at radius 1 is 1.33 bits per heavy atom. The van der Waals surface area contributed by atoms with Gasteiger partial charge in [-0.05, 0) is 32.7 Å². The first kappa shape index (κ1) is 15.2. The maximum atomic E-state index is 5.05. The van der Waals surface area contributed by atoms with Crippen molar-refractivity contribution in [2.24, 2.45) is 10.9 Å². The zero-order chi connectivity index (χ0) is 13.2. The molecular weight excluding hydrogens is 228 g/mol. The fourth-order valence-corrected chi connectivity index (χ4v) is 1.59. The highest BCUT2D eigenvalue weighted by Crippen LogP contribution is 2.28. The van der Waals surface area contributed by atoms with Gasteiger partial charge in [0.05, 0.1) is 6.61 Å². The highest BCUT2D eigenvalue weighted by Gasteiger charge is 2.20. The number of methoxy groups -OCH3 is 1. The predicted octanol–water partition coefficient (Wildman–Crippen LogP) is 0.530. The second-order valence-corrected chi connectivity index (χ2v) is 4.89. The Bertz CT molecular complexity index is 241. The van der Waals surface area contributed by atoms with Crippen LogP contribution in [-0.2, 0) is 4.74 Å². The summed E-state index contributed by atoms with van der Waals surface area (Å²) < 4.78 is 5.05. The fourth-order valence-electron chi connectivity index (χ4n) is 1.59. The quantitative estimate of drug-likeness (QED) is 0.467. The molecule has 0 atom stereocenters. The fraction of sp³-hybridized carbons (Fsp3) is 0.923. The second kappa shape index (κ2) is 9.16. The maximum absolute atomic E-state index is 5.05. The summed E-state index contributed by atoms with van der Waals surface area (Å²) in [4.78, 5) is 6.84. The van der Waals surface area contributed by atoms with Gasteiger partial charge >= 0.3 is 0 Å². The lowest BCUT2D eigenvalue weighted by atomic mass is 10.4. The van der Waals surface area contributed by atoms with Crippen LogP contribution >= 0.6 is 0 Å². The van der Waals surface area contributed by atoms with E-state index in [-0.39, 0.29) is 0 Å². The largest absolute Gasteiger partial charge is 0.383 e. The zero-order valence-corrected chi connectivity index (χ0v) is 12.0. The molecule has 0 spiro atoms. The summed E-state index contributed by atoms with van der Waals surface area (Å²) >= 11 is 0. The van der Waals surface area contributed by atoms with Gasteiger partial charge in [-0.15, -0.1) is 0 Å². The van der Waals surface area contributed by atoms with Crippen molar-refractivity contribution in [3.63, 3.8) is 0 Å². The van der Waals surface area contributed by atoms with Crippen LogP contribution in [0.3, 0.4) is 0 Å². The third-order valence-corrected chi connectivity index (χ3v) is 3.01. The zero-order valence-electron chi connectivity index (χ0n) is 12.0. The average molecular weight is 256 g/mol. The van der Waals surface area contributed by atoms with Gasteiger partial charge in [-0.3, -0.25) is 4.99 Å². The minimum Gasteiger partial charge on any atom is -0.383 e. The van der Waals surface area contributed by atoms with Crippen LogP contribution in [0, 0.1) is 5.92 Å². The number of hydrogen-bond acceptors (Lipinski definition) is 3. The summed E-state index contributed by atoms with van der Waals surface area (Å²) in [5.41, 5.74) is 0. The van der Waals surface area contributed by atoms with Crippen LogP contribution in [0.5, 0.6) is 0 Å². The molecule has 0 aromatic rings. The number of hydrogen-bond donors (Lipinski definition) is 2. The lowest BCUT2D eigenvalue weighted by molar-refractivity contribution is 0.162. The highest BCUT2D eigenvalue weighted by molar-refractivity contribution is 5.79. The molecule has 1 rings (SSSR count). The van der Waals surface area contributed by atoms with Crippen molar-refractivity contribution in [3.8, 4) is 0 Å². The van der Waals surface area contributed by atoms with Crippen LogP contribution in [0.2, 0.25) is 0 Å². The monoisotopic (exact) mass is 256 g/mol. The van der Waals surface area contributed by atoms with E-state index < -0.39 is 0 Å². The summed E-state index contributed by atoms with van der Waals surface area (Å²) in [6, 6.07) is 0. The van der Waals surface area contributed by atoms with E-state index in [0.717, 1.165) is 51.2 Å². The molecule has 0 amide bonds. The van der Waals surface area contributed by atoms with E-state index in [4.69, 9.17) is 4.74 Å². The molecule has 0 aliphatic heterocycles. The topological polar surface area (TPSA) is 48.9 Å². The molecule has 0 radical (unpaired) electrons. The number of aliphatic imine (C=N–C) groups is 1. The number of nitrogens with zero attached hydrogens (tertiary/aromatic N) is 2. The van der Waals surface area contributed by atoms with Gasteiger partial charge in [-0.2, -0.15) is 0 Å². The van der Waals surface area contributed by atoms with Crippen LogP contribution in [0.1, 0.15) is 19.8 Å². The number of rotatable bonds is 9. The van der Waals surface area contributed by atoms with Crippen LogP contribution in [0.25, 0.3) is 0 Å². The molecule has 0 aromatic heterocycles. The first-order chi connectivity index (χ1) is 8.76. The van der Waals surface area contributed by atoms with Crippen molar-refractivity contribution in [3.05, 3.63) is 0 Å². The van der Waals surface area contributed by atoms with Crippen LogP contribution in [-0.4, -0.2) is 64.3 Å². The van der Waals surface area contributed by atoms with Gasteiger partial charge in [-0.25, -0.2) is 0 Å². The Balaban J connectivity index is 2.13. The average Bonchev–Trinajstić information content (AvgIpc) is 3.17. The first-order valence-corrected chi connectivity index (χ1v) is 6.96. The van der Waals surface area contributed by atoms with Gasteiger partial charge in [0.1, 0.15) is 0 Å². The summed E-state index contributed by atoms with van der Waals surface area (Å²) in [6.45, 7) is 7.64. The van der Waals surface area contributed by atoms with Crippen LogP contribution in [0.15, 0.2) is 4.99 Å². The summed E-state index contributed by atoms with van der Waals surface area (Å²) in [5.74, 6) is 1.79. The van der Waals surface area contributed by atoms with Crippen molar-refractivity contribution in [2.45, 2.75) is 19.8 Å². The molecule has 1 saturated carbocycles. The smallest absolute Gasteiger partial charge is 0.191 e. The van der Waals surface area contributed by atoms with Crippen molar-refractivity contribution in [1.29, 1.82) is 0 Å². The molecule has 1 fully saturated rings. The molecule has 0 saturated heterocycles. The van der Waals surface area contributed by atoms with Crippen molar-refractivity contribution in [1.82, 2.24) is 15.5 Å². The Labute approximate surface area is 111 Å². The Morgan fingerprint density at radius 3 is 2.72 bits per heavy atom. The number of likely N-dealkylation sites (N-methyl/N-ethyl adjacent to an activating group) is 1. The standard InChI is InChI=1S/C13H28N4O/c1-4-14-13(16-11-12-5-6-12)15-7-8-17(2)9-10-18-3/h12H,4-11H2,1-3H3,(H2,14,15,16). The molecule has 5 heteroatoms. The normalized spacial score (nSPS) is 16.1. The summed E-state index contributed by atoms with van der Waals surface area (Å²) in [6.07, 6.45) is 2.70. The minimum absolute atomic E-state index is 0.784. The van der Waals surface area contributed by atoms with Gasteiger partial charge < -0.3 is 20.3 Å². The van der Waals surface area contributed by atoms with Gasteiger partial charge in [-0.1, -0.05) is 0 Å². The molecule has 0 bridgehead atoms. The Hall–Kier alpha value is -0.810. The lowest BCUT2D eigenvalue weighted by Crippen LogP contribution is -2.41. The Morgan fingerprint density at radius 2 is 2.11 bits per heavy atom. The second-order valence-electron chi connectivity index (χ2n) is 4.89. The molecule has 0 heterocycles. The van der Waals surface area contributed by atoms with E-state index >= 15 is 0 Å². The molecule has 106 valence electrons. The highest BCUT2D eigenvalue weighted by atomic mass is 16.5. The summed E-state index contributed by atoms with van der Waals surface area (Å²) in [5, 5.41) is 6.65. The minimum atomic E-state index is 0.784. The number of nitrogens with one attached hydrogen (secondary N) is 2. The molecule has 2 N–H and O–H groups in total. The molecule has 5 nitrogen and oxygen atoms in total. The Kier molecular flexibility index (Phi) is 7.76. The number of guanidine groups is 1. The number of ether oxygens (including phenoxy) is 1. The van der Waals surface area contributed by atoms with Gasteiger partial charge in [0.25, 0.3) is 0 Å². The van der Waals surface area contributed by atoms with Crippen molar-refractivity contribution in [2.75, 3.05) is 53.5 Å². The van der Waals surface area contributed by atoms with Crippen molar-refractivity contribution >= 4 is 5.96 Å². The molecule has 1 aliphatic carbocycles. The first-order valence-electron chi connectivity index (χ1n) is 6.96. The van der Waals surface area contributed by atoms with Crippen molar-refractivity contribution < 1.29 is 4.74 Å². The third-order valence-electron chi connectivity index (χ3n) is 3.01. The van der Waals surface area contributed by atoms with E-state index in [1.807, 2.05) is 0 Å². The van der Waals surface area contributed by atoms with E-state index in [2.05, 4.69) is 34.5 Å². The molecule has 0 aromatic carbocycles. The SMILES string of the molecule is CCNC(=NCC1CC1)NCCN(C)CCOC. The molecule has 0 unspecified atom stereocenters. The molecule has 1 aliphatic rings. The molecule has 18 heavy (non-hydrogen) atoms. The van der Waals surface area contributed by atoms with Crippen LogP contribution < -0.4 is 10.6 Å². The van der Waals surface area contributed by atoms with Gasteiger partial charge in [0.15, 0.2) is 5.96 Å². The van der Waals surface area contributed by atoms with E-state index in [1.165, 1.54) is 12.8 Å². The van der Waals surface area contributed by atoms with Crippen LogP contribution in [0.4, 0.5) is 0 Å². The predicted molar refractivity (Wildman–Crippen MR) is 76.1 cm³/mol. The molecular formula is C13H28N4O. The van der Waals surface area contributed by atoms with E-state index in [1.54, 1.807) is 7.11 Å². The van der Waals surface area contributed by atoms with Gasteiger partial charge in [0.2, 0.25) is 0 Å². The van der Waals surface area contributed by atoms with E-state index in [9.17, 15) is 0 Å². The lowest BCUT2D eigenvalue weighted by Gasteiger charge is -2.17. The maximum Gasteiger partial charge on any atom is 0.191 e. The van der Waals surface area contributed by atoms with E-state index in [0.29, 0.717) is 0 Å². The van der Waals surface area contributed by atoms with Gasteiger partial charge in [0, 0.05) is 39.8 Å². The summed E-state index contributed by atoms with van der Waals surface area (Å²) in [7, 11) is 3.84. The third kappa shape index (κ3) is 7.50.